The molecule has 5 heteroatoms. The molecule has 0 bridgehead atoms. The minimum atomic E-state index is -0.520. The zero-order chi connectivity index (χ0) is 39.4. The van der Waals surface area contributed by atoms with Crippen molar-refractivity contribution in [2.75, 3.05) is 0 Å². The van der Waals surface area contributed by atoms with Crippen molar-refractivity contribution in [3.8, 4) is 45.3 Å². The van der Waals surface area contributed by atoms with Gasteiger partial charge in [-0.25, -0.2) is 15.0 Å². The molecule has 3 heterocycles. The molecule has 0 amide bonds. The van der Waals surface area contributed by atoms with Crippen molar-refractivity contribution in [1.29, 1.82) is 0 Å². The van der Waals surface area contributed by atoms with Crippen LogP contribution in [0.3, 0.4) is 0 Å². The van der Waals surface area contributed by atoms with Crippen LogP contribution >= 0.6 is 11.3 Å². The Morgan fingerprint density at radius 3 is 2.15 bits per heavy atom. The first-order valence-corrected chi connectivity index (χ1v) is 16.0. The second kappa shape index (κ2) is 10.7. The third kappa shape index (κ3) is 4.25. The van der Waals surface area contributed by atoms with Gasteiger partial charge in [-0.3, -0.25) is 0 Å². The summed E-state index contributed by atoms with van der Waals surface area (Å²) in [5.74, 6) is 0.510. The van der Waals surface area contributed by atoms with Crippen molar-refractivity contribution in [3.05, 3.63) is 151 Å². The van der Waals surface area contributed by atoms with E-state index in [4.69, 9.17) is 29.0 Å². The van der Waals surface area contributed by atoms with Gasteiger partial charge in [-0.15, -0.1) is 11.3 Å². The van der Waals surface area contributed by atoms with Gasteiger partial charge in [0.2, 0.25) is 0 Å². The van der Waals surface area contributed by atoms with Crippen molar-refractivity contribution < 1.29 is 16.8 Å². The molecule has 0 atom stereocenters. The summed E-state index contributed by atoms with van der Waals surface area (Å²) >= 11 is 0.988. The number of para-hydroxylation sites is 1. The molecule has 0 unspecified atom stereocenters. The van der Waals surface area contributed by atoms with Crippen LogP contribution in [0.5, 0.6) is 0 Å². The highest BCUT2D eigenvalue weighted by atomic mass is 32.1. The van der Waals surface area contributed by atoms with E-state index < -0.39 is 30.2 Å². The Balaban J connectivity index is 1.27. The van der Waals surface area contributed by atoms with Gasteiger partial charge in [0.05, 0.1) is 12.3 Å². The molecule has 224 valence electrons. The number of rotatable bonds is 4. The van der Waals surface area contributed by atoms with Gasteiger partial charge in [0, 0.05) is 53.2 Å². The Labute approximate surface area is 292 Å². The van der Waals surface area contributed by atoms with Gasteiger partial charge in [-0.2, -0.15) is 0 Å². The van der Waals surface area contributed by atoms with E-state index in [0.29, 0.717) is 16.7 Å². The number of hydrogen-bond acceptors (Lipinski definition) is 5. The summed E-state index contributed by atoms with van der Waals surface area (Å²) in [5, 5.41) is 2.08. The van der Waals surface area contributed by atoms with Crippen LogP contribution in [0.2, 0.25) is 0 Å². The van der Waals surface area contributed by atoms with Crippen LogP contribution in [0.15, 0.2) is 156 Å². The molecule has 7 aromatic carbocycles. The Kier molecular flexibility index (Phi) is 4.34. The van der Waals surface area contributed by atoms with Crippen LogP contribution < -0.4 is 0 Å². The van der Waals surface area contributed by atoms with E-state index in [1.54, 1.807) is 0 Å². The molecule has 0 spiro atoms. The predicted molar refractivity (Wildman–Crippen MR) is 199 cm³/mol. The summed E-state index contributed by atoms with van der Waals surface area (Å²) in [7, 11) is 0. The van der Waals surface area contributed by atoms with Gasteiger partial charge in [0.15, 0.2) is 17.5 Å². The van der Waals surface area contributed by atoms with E-state index in [0.717, 1.165) is 38.8 Å². The van der Waals surface area contributed by atoms with Crippen molar-refractivity contribution in [2.45, 2.75) is 0 Å². The lowest BCUT2D eigenvalue weighted by Crippen LogP contribution is -2.00. The van der Waals surface area contributed by atoms with E-state index >= 15 is 0 Å². The van der Waals surface area contributed by atoms with Gasteiger partial charge in [-0.1, -0.05) is 133 Å². The number of nitrogens with zero attached hydrogens (tertiary/aromatic N) is 3. The van der Waals surface area contributed by atoms with Crippen LogP contribution in [0.4, 0.5) is 0 Å². The summed E-state index contributed by atoms with van der Waals surface area (Å²) in [5.41, 5.74) is 4.59. The second-order valence-electron chi connectivity index (χ2n) is 11.3. The van der Waals surface area contributed by atoms with Gasteiger partial charge < -0.3 is 4.42 Å². The average Bonchev–Trinajstić information content (AvgIpc) is 3.82. The molecule has 0 aliphatic heterocycles. The molecule has 0 aliphatic rings. The summed E-state index contributed by atoms with van der Waals surface area (Å²) < 4.78 is 86.3. The van der Waals surface area contributed by atoms with E-state index in [9.17, 15) is 2.74 Å². The maximum atomic E-state index is 9.26. The number of fused-ring (bicyclic) bond motifs is 8. The van der Waals surface area contributed by atoms with Crippen molar-refractivity contribution in [2.24, 2.45) is 0 Å². The zero-order valence-corrected chi connectivity index (χ0v) is 25.7. The van der Waals surface area contributed by atoms with Crippen LogP contribution in [-0.4, -0.2) is 15.0 Å². The molecule has 0 saturated heterocycles. The molecule has 0 fully saturated rings. The number of furan rings is 1. The fourth-order valence-corrected chi connectivity index (χ4v) is 7.37. The normalized spacial score (nSPS) is 14.4. The standard InChI is InChI=1S/C43H25N3OS/c1-3-11-26(12-4-1)30-17-9-18-33-32-23-22-29(25-36(32)47-39(30)33)42-44-41(28-14-5-2-6-15-28)45-43(46-42)35-19-10-20-37-38(35)34-24-21-27-13-7-8-16-31(27)40(34)48-37/h1-25H/i7D,8D,10D,13D,16D,19D,20D,21D,24D. The van der Waals surface area contributed by atoms with Gasteiger partial charge >= 0.3 is 0 Å². The number of aromatic nitrogens is 3. The van der Waals surface area contributed by atoms with Crippen LogP contribution in [0.1, 0.15) is 12.3 Å². The number of benzene rings is 7. The molecule has 10 aromatic rings. The van der Waals surface area contributed by atoms with E-state index in [1.807, 2.05) is 97.1 Å². The van der Waals surface area contributed by atoms with Crippen molar-refractivity contribution in [1.82, 2.24) is 15.0 Å². The molecular formula is C43H25N3OS. The molecule has 0 radical (unpaired) electrons. The molecule has 4 nitrogen and oxygen atoms in total. The molecular weight excluding hydrogens is 607 g/mol. The average molecular weight is 641 g/mol. The predicted octanol–water partition coefficient (Wildman–Crippen LogP) is 12.0. The Hall–Kier alpha value is -6.17. The van der Waals surface area contributed by atoms with E-state index in [-0.39, 0.29) is 78.2 Å². The highest BCUT2D eigenvalue weighted by molar-refractivity contribution is 7.26. The first-order chi connectivity index (χ1) is 27.5. The summed E-state index contributed by atoms with van der Waals surface area (Å²) in [6, 6.07) is 27.3. The highest BCUT2D eigenvalue weighted by Crippen LogP contribution is 2.43. The summed E-state index contributed by atoms with van der Waals surface area (Å²) in [4.78, 5) is 14.6. The zero-order valence-electron chi connectivity index (χ0n) is 33.9. The first-order valence-electron chi connectivity index (χ1n) is 19.7. The van der Waals surface area contributed by atoms with Gasteiger partial charge in [-0.05, 0) is 34.5 Å². The Morgan fingerprint density at radius 1 is 0.521 bits per heavy atom. The van der Waals surface area contributed by atoms with Gasteiger partial charge in [0.25, 0.3) is 0 Å². The topological polar surface area (TPSA) is 51.8 Å². The molecule has 0 aliphatic carbocycles. The van der Waals surface area contributed by atoms with E-state index in [1.165, 1.54) is 0 Å². The summed E-state index contributed by atoms with van der Waals surface area (Å²) in [6.07, 6.45) is 0. The van der Waals surface area contributed by atoms with Crippen LogP contribution in [-0.2, 0) is 0 Å². The SMILES string of the molecule is [2H]c1c([2H])c(-c2nc(-c3ccccc3)nc(-c3ccc4c(c3)oc3c(-c5ccccc5)cccc34)n2)c2c(sc3c4c([2H])c([2H])c([2H])c([2H])c4c([2H])c([2H])c32)c1[2H]. The monoisotopic (exact) mass is 640 g/mol. The minimum absolute atomic E-state index is 0.000823. The Morgan fingerprint density at radius 2 is 1.29 bits per heavy atom. The lowest BCUT2D eigenvalue weighted by atomic mass is 10.0. The molecule has 3 aromatic heterocycles. The summed E-state index contributed by atoms with van der Waals surface area (Å²) in [6.45, 7) is 0. The highest BCUT2D eigenvalue weighted by Gasteiger charge is 2.19. The third-order valence-corrected chi connectivity index (χ3v) is 9.60. The lowest BCUT2D eigenvalue weighted by molar-refractivity contribution is 0.670. The van der Waals surface area contributed by atoms with Crippen LogP contribution in [0, 0.1) is 0 Å². The lowest BCUT2D eigenvalue weighted by Gasteiger charge is -2.09. The molecule has 48 heavy (non-hydrogen) atoms. The minimum Gasteiger partial charge on any atom is -0.455 e. The maximum Gasteiger partial charge on any atom is 0.164 e. The first kappa shape index (κ1) is 19.5. The van der Waals surface area contributed by atoms with Crippen molar-refractivity contribution >= 4 is 64.2 Å². The largest absolute Gasteiger partial charge is 0.455 e. The molecule has 10 rings (SSSR count). The quantitative estimate of drug-likeness (QED) is 0.192. The smallest absolute Gasteiger partial charge is 0.164 e. The molecule has 0 saturated carbocycles. The Bertz CT molecular complexity index is 3350. The van der Waals surface area contributed by atoms with Crippen molar-refractivity contribution in [3.63, 3.8) is 0 Å². The fraction of sp³-hybridized carbons (Fsp3) is 0. The number of thiophene rings is 1. The van der Waals surface area contributed by atoms with Crippen LogP contribution in [0.25, 0.3) is 98.2 Å². The number of hydrogen-bond donors (Lipinski definition) is 0. The third-order valence-electron chi connectivity index (χ3n) is 8.48. The molecule has 0 N–H and O–H groups in total. The maximum absolute atomic E-state index is 9.26. The fourth-order valence-electron chi connectivity index (χ4n) is 6.25. The van der Waals surface area contributed by atoms with Gasteiger partial charge in [0.1, 0.15) is 11.2 Å². The van der Waals surface area contributed by atoms with E-state index in [2.05, 4.69) is 0 Å². The second-order valence-corrected chi connectivity index (χ2v) is 12.3.